The van der Waals surface area contributed by atoms with Gasteiger partial charge in [-0.15, -0.1) is 0 Å². The molecular formula is C26H26N4O3S. The van der Waals surface area contributed by atoms with E-state index in [4.69, 9.17) is 9.84 Å². The zero-order chi connectivity index (χ0) is 24.0. The molecule has 7 nitrogen and oxygen atoms in total. The highest BCUT2D eigenvalue weighted by Crippen LogP contribution is 2.25. The Kier molecular flexibility index (Phi) is 7.08. The van der Waals surface area contributed by atoms with E-state index in [0.29, 0.717) is 17.9 Å². The second-order valence-electron chi connectivity index (χ2n) is 7.75. The van der Waals surface area contributed by atoms with Crippen molar-refractivity contribution in [3.05, 3.63) is 96.2 Å². The molecule has 0 aliphatic heterocycles. The molecule has 4 rings (SSSR count). The largest absolute Gasteiger partial charge is 0.494 e. The van der Waals surface area contributed by atoms with Crippen molar-refractivity contribution in [3.8, 4) is 22.7 Å². The first-order valence-corrected chi connectivity index (χ1v) is 12.4. The highest BCUT2D eigenvalue weighted by Gasteiger charge is 2.14. The van der Waals surface area contributed by atoms with E-state index in [2.05, 4.69) is 16.9 Å². The fourth-order valence-corrected chi connectivity index (χ4v) is 4.07. The molecule has 1 heterocycles. The number of hydrogen-bond donors (Lipinski definition) is 1. The molecule has 0 saturated carbocycles. The minimum Gasteiger partial charge on any atom is -0.494 e. The average molecular weight is 475 g/mol. The van der Waals surface area contributed by atoms with Crippen LogP contribution in [0.3, 0.4) is 0 Å². The van der Waals surface area contributed by atoms with Crippen molar-refractivity contribution < 1.29 is 13.2 Å². The maximum Gasteiger partial charge on any atom is 0.276 e. The van der Waals surface area contributed by atoms with E-state index in [1.54, 1.807) is 28.9 Å². The molecule has 0 bridgehead atoms. The van der Waals surface area contributed by atoms with E-state index in [-0.39, 0.29) is 4.90 Å². The number of benzene rings is 3. The van der Waals surface area contributed by atoms with Crippen LogP contribution in [0.15, 0.2) is 95.1 Å². The predicted octanol–water partition coefficient (Wildman–Crippen LogP) is 4.95. The standard InChI is InChI=1S/C26H26N4O3S/c1-3-17-33-24-13-11-21(12-14-24)26-22(19-30(28-26)23-7-5-4-6-8-23)18-27-29-34(31,32)25-15-9-20(2)10-16-25/h4-16,18-19,29H,3,17H2,1-2H3/b27-18-. The molecule has 34 heavy (non-hydrogen) atoms. The summed E-state index contributed by atoms with van der Waals surface area (Å²) in [6.45, 7) is 4.61. The Morgan fingerprint density at radius 3 is 2.38 bits per heavy atom. The molecule has 0 saturated heterocycles. The molecule has 8 heteroatoms. The van der Waals surface area contributed by atoms with Crippen molar-refractivity contribution in [3.63, 3.8) is 0 Å². The minimum atomic E-state index is -3.78. The van der Waals surface area contributed by atoms with Gasteiger partial charge in [0.2, 0.25) is 0 Å². The van der Waals surface area contributed by atoms with Gasteiger partial charge >= 0.3 is 0 Å². The van der Waals surface area contributed by atoms with Crippen molar-refractivity contribution in [1.29, 1.82) is 0 Å². The molecule has 0 aliphatic carbocycles. The lowest BCUT2D eigenvalue weighted by Crippen LogP contribution is -2.18. The van der Waals surface area contributed by atoms with Crippen LogP contribution in [0.5, 0.6) is 5.75 Å². The summed E-state index contributed by atoms with van der Waals surface area (Å²) in [5.41, 5.74) is 4.06. The third kappa shape index (κ3) is 5.52. The Morgan fingerprint density at radius 1 is 1.00 bits per heavy atom. The first kappa shape index (κ1) is 23.3. The highest BCUT2D eigenvalue weighted by atomic mass is 32.2. The normalized spacial score (nSPS) is 11.6. The number of nitrogens with zero attached hydrogens (tertiary/aromatic N) is 3. The van der Waals surface area contributed by atoms with Gasteiger partial charge in [0.05, 0.1) is 23.4 Å². The molecule has 3 aromatic carbocycles. The van der Waals surface area contributed by atoms with Crippen LogP contribution in [0.2, 0.25) is 0 Å². The van der Waals surface area contributed by atoms with Gasteiger partial charge in [-0.25, -0.2) is 9.51 Å². The van der Waals surface area contributed by atoms with Gasteiger partial charge in [-0.05, 0) is 61.9 Å². The summed E-state index contributed by atoms with van der Waals surface area (Å²) >= 11 is 0. The summed E-state index contributed by atoms with van der Waals surface area (Å²) in [5, 5.41) is 8.76. The summed E-state index contributed by atoms with van der Waals surface area (Å²) in [4.78, 5) is 2.44. The highest BCUT2D eigenvalue weighted by molar-refractivity contribution is 7.89. The lowest BCUT2D eigenvalue weighted by Gasteiger charge is -2.05. The zero-order valence-electron chi connectivity index (χ0n) is 19.0. The molecule has 0 aliphatic rings. The lowest BCUT2D eigenvalue weighted by atomic mass is 10.1. The fraction of sp³-hybridized carbons (Fsp3) is 0.154. The third-order valence-electron chi connectivity index (χ3n) is 5.07. The summed E-state index contributed by atoms with van der Waals surface area (Å²) in [6.07, 6.45) is 4.22. The Balaban J connectivity index is 1.64. The number of hydrazone groups is 1. The van der Waals surface area contributed by atoms with Crippen molar-refractivity contribution in [2.24, 2.45) is 5.10 Å². The second kappa shape index (κ2) is 10.4. The molecule has 0 fully saturated rings. The van der Waals surface area contributed by atoms with Crippen molar-refractivity contribution in [2.75, 3.05) is 6.61 Å². The van der Waals surface area contributed by atoms with Crippen molar-refractivity contribution in [1.82, 2.24) is 14.6 Å². The van der Waals surface area contributed by atoms with Gasteiger partial charge in [0.25, 0.3) is 10.0 Å². The van der Waals surface area contributed by atoms with Crippen LogP contribution < -0.4 is 9.57 Å². The van der Waals surface area contributed by atoms with Crippen LogP contribution >= 0.6 is 0 Å². The van der Waals surface area contributed by atoms with Gasteiger partial charge < -0.3 is 4.74 Å². The van der Waals surface area contributed by atoms with Crippen LogP contribution in [0, 0.1) is 6.92 Å². The van der Waals surface area contributed by atoms with E-state index in [1.807, 2.05) is 67.7 Å². The molecule has 0 atom stereocenters. The maximum absolute atomic E-state index is 12.6. The second-order valence-corrected chi connectivity index (χ2v) is 9.41. The molecule has 1 aromatic heterocycles. The van der Waals surface area contributed by atoms with Gasteiger partial charge in [0.15, 0.2) is 0 Å². The lowest BCUT2D eigenvalue weighted by molar-refractivity contribution is 0.317. The molecule has 0 spiro atoms. The first-order chi connectivity index (χ1) is 16.5. The van der Waals surface area contributed by atoms with Crippen molar-refractivity contribution in [2.45, 2.75) is 25.2 Å². The Labute approximate surface area is 199 Å². The number of ether oxygens (including phenoxy) is 1. The van der Waals surface area contributed by atoms with Gasteiger partial charge in [0, 0.05) is 17.3 Å². The maximum atomic E-state index is 12.6. The van der Waals surface area contributed by atoms with Crippen LogP contribution in [0.25, 0.3) is 16.9 Å². The van der Waals surface area contributed by atoms with Crippen LogP contribution in [0.4, 0.5) is 0 Å². The van der Waals surface area contributed by atoms with E-state index < -0.39 is 10.0 Å². The number of aryl methyl sites for hydroxylation is 1. The summed E-state index contributed by atoms with van der Waals surface area (Å²) in [7, 11) is -3.78. The first-order valence-electron chi connectivity index (χ1n) is 11.0. The van der Waals surface area contributed by atoms with E-state index in [9.17, 15) is 8.42 Å². The topological polar surface area (TPSA) is 85.6 Å². The van der Waals surface area contributed by atoms with Crippen LogP contribution in [0.1, 0.15) is 24.5 Å². The molecule has 174 valence electrons. The quantitative estimate of drug-likeness (QED) is 0.275. The monoisotopic (exact) mass is 474 g/mol. The van der Waals surface area contributed by atoms with Crippen LogP contribution in [-0.2, 0) is 10.0 Å². The molecule has 0 unspecified atom stereocenters. The molecular weight excluding hydrogens is 448 g/mol. The number of sulfonamides is 1. The summed E-state index contributed by atoms with van der Waals surface area (Å²) < 4.78 is 32.6. The molecule has 0 radical (unpaired) electrons. The van der Waals surface area contributed by atoms with E-state index >= 15 is 0 Å². The third-order valence-corrected chi connectivity index (χ3v) is 6.31. The molecule has 4 aromatic rings. The predicted molar refractivity (Wildman–Crippen MR) is 134 cm³/mol. The minimum absolute atomic E-state index is 0.151. The van der Waals surface area contributed by atoms with Crippen LogP contribution in [-0.4, -0.2) is 31.0 Å². The Morgan fingerprint density at radius 2 is 1.71 bits per heavy atom. The van der Waals surface area contributed by atoms with Gasteiger partial charge in [-0.3, -0.25) is 0 Å². The number of para-hydroxylation sites is 1. The number of hydrogen-bond acceptors (Lipinski definition) is 5. The molecule has 1 N–H and O–H groups in total. The average Bonchev–Trinajstić information content (AvgIpc) is 3.28. The van der Waals surface area contributed by atoms with E-state index in [1.165, 1.54) is 6.21 Å². The fourth-order valence-electron chi connectivity index (χ4n) is 3.28. The Hall–Kier alpha value is -3.91. The number of nitrogens with one attached hydrogen (secondary N) is 1. The van der Waals surface area contributed by atoms with Crippen molar-refractivity contribution >= 4 is 16.2 Å². The summed E-state index contributed by atoms with van der Waals surface area (Å²) in [5.74, 6) is 0.786. The number of rotatable bonds is 9. The summed E-state index contributed by atoms with van der Waals surface area (Å²) in [6, 6.07) is 23.9. The zero-order valence-corrected chi connectivity index (χ0v) is 19.9. The molecule has 0 amide bonds. The van der Waals surface area contributed by atoms with Gasteiger partial charge in [0.1, 0.15) is 11.4 Å². The SMILES string of the molecule is CCCOc1ccc(-c2nn(-c3ccccc3)cc2/C=N\NS(=O)(=O)c2ccc(C)cc2)cc1. The number of aromatic nitrogens is 2. The van der Waals surface area contributed by atoms with Gasteiger partial charge in [-0.2, -0.15) is 18.6 Å². The smallest absolute Gasteiger partial charge is 0.276 e. The Bertz CT molecular complexity index is 1360. The van der Waals surface area contributed by atoms with E-state index in [0.717, 1.165) is 29.0 Å². The van der Waals surface area contributed by atoms with Gasteiger partial charge in [-0.1, -0.05) is 42.8 Å².